The van der Waals surface area contributed by atoms with Gasteiger partial charge in [0.25, 0.3) is 0 Å². The molecule has 0 aromatic rings. The highest BCUT2D eigenvalue weighted by Gasteiger charge is 2.15. The molecule has 0 aliphatic rings. The zero-order valence-corrected chi connectivity index (χ0v) is 12.8. The summed E-state index contributed by atoms with van der Waals surface area (Å²) in [6.07, 6.45) is 5.15. The lowest BCUT2D eigenvalue weighted by atomic mass is 10.1. The molecular formula is C15H34N2. The Morgan fingerprint density at radius 3 is 1.88 bits per heavy atom. The maximum atomic E-state index is 3.63. The predicted molar refractivity (Wildman–Crippen MR) is 78.6 cm³/mol. The average Bonchev–Trinajstić information content (AvgIpc) is 2.27. The second kappa shape index (κ2) is 11.0. The molecule has 0 fully saturated rings. The summed E-state index contributed by atoms with van der Waals surface area (Å²) in [5.74, 6) is 0.753. The Bertz CT molecular complexity index is 151. The number of rotatable bonds is 11. The number of nitrogens with zero attached hydrogens (tertiary/aromatic N) is 1. The van der Waals surface area contributed by atoms with Crippen LogP contribution in [0.2, 0.25) is 0 Å². The lowest BCUT2D eigenvalue weighted by Crippen LogP contribution is -2.43. The molecule has 104 valence electrons. The summed E-state index contributed by atoms with van der Waals surface area (Å²) in [5.41, 5.74) is 0. The summed E-state index contributed by atoms with van der Waals surface area (Å²) in [6.45, 7) is 16.2. The first kappa shape index (κ1) is 16.9. The van der Waals surface area contributed by atoms with E-state index in [9.17, 15) is 0 Å². The van der Waals surface area contributed by atoms with E-state index in [2.05, 4.69) is 44.8 Å². The van der Waals surface area contributed by atoms with Gasteiger partial charge >= 0.3 is 0 Å². The van der Waals surface area contributed by atoms with E-state index < -0.39 is 0 Å². The van der Waals surface area contributed by atoms with E-state index in [4.69, 9.17) is 0 Å². The lowest BCUT2D eigenvalue weighted by molar-refractivity contribution is 0.180. The summed E-state index contributed by atoms with van der Waals surface area (Å²) < 4.78 is 0. The average molecular weight is 242 g/mol. The largest absolute Gasteiger partial charge is 0.315 e. The highest BCUT2D eigenvalue weighted by atomic mass is 15.2. The molecule has 0 amide bonds. The van der Waals surface area contributed by atoms with Crippen LogP contribution in [0.5, 0.6) is 0 Å². The van der Waals surface area contributed by atoms with Crippen molar-refractivity contribution in [1.29, 1.82) is 0 Å². The molecule has 0 aromatic carbocycles. The molecule has 2 nitrogen and oxygen atoms in total. The van der Waals surface area contributed by atoms with Crippen LogP contribution in [0.15, 0.2) is 0 Å². The molecule has 0 aromatic heterocycles. The standard InChI is InChI=1S/C15H34N2/c1-6-9-15(13-16-12-14(4)5)17(10-7-2)11-8-3/h14-16H,6-13H2,1-5H3. The van der Waals surface area contributed by atoms with E-state index in [0.29, 0.717) is 0 Å². The van der Waals surface area contributed by atoms with Gasteiger partial charge in [0, 0.05) is 12.6 Å². The quantitative estimate of drug-likeness (QED) is 0.596. The summed E-state index contributed by atoms with van der Waals surface area (Å²) in [4.78, 5) is 2.68. The Kier molecular flexibility index (Phi) is 11.0. The van der Waals surface area contributed by atoms with Gasteiger partial charge < -0.3 is 5.32 Å². The van der Waals surface area contributed by atoms with Crippen LogP contribution in [0, 0.1) is 5.92 Å². The molecule has 0 radical (unpaired) electrons. The summed E-state index contributed by atoms with van der Waals surface area (Å²) in [6, 6.07) is 0.735. The molecule has 0 rings (SSSR count). The van der Waals surface area contributed by atoms with E-state index in [-0.39, 0.29) is 0 Å². The van der Waals surface area contributed by atoms with Crippen LogP contribution in [0.3, 0.4) is 0 Å². The van der Waals surface area contributed by atoms with Gasteiger partial charge in [-0.3, -0.25) is 4.90 Å². The Hall–Kier alpha value is -0.0800. The van der Waals surface area contributed by atoms with Crippen molar-refractivity contribution < 1.29 is 0 Å². The van der Waals surface area contributed by atoms with Crippen molar-refractivity contribution in [3.05, 3.63) is 0 Å². The van der Waals surface area contributed by atoms with Crippen LogP contribution in [-0.2, 0) is 0 Å². The second-order valence-corrected chi connectivity index (χ2v) is 5.53. The van der Waals surface area contributed by atoms with Gasteiger partial charge in [-0.1, -0.05) is 41.0 Å². The van der Waals surface area contributed by atoms with Crippen molar-refractivity contribution in [1.82, 2.24) is 10.2 Å². The van der Waals surface area contributed by atoms with Crippen molar-refractivity contribution >= 4 is 0 Å². The van der Waals surface area contributed by atoms with Crippen LogP contribution in [-0.4, -0.2) is 37.1 Å². The van der Waals surface area contributed by atoms with Gasteiger partial charge in [0.2, 0.25) is 0 Å². The van der Waals surface area contributed by atoms with Crippen LogP contribution in [0.4, 0.5) is 0 Å². The smallest absolute Gasteiger partial charge is 0.0220 e. The predicted octanol–water partition coefficient (Wildman–Crippen LogP) is 3.52. The number of hydrogen-bond acceptors (Lipinski definition) is 2. The van der Waals surface area contributed by atoms with Gasteiger partial charge in [-0.15, -0.1) is 0 Å². The normalized spacial score (nSPS) is 13.6. The first-order valence-corrected chi connectivity index (χ1v) is 7.60. The van der Waals surface area contributed by atoms with Crippen LogP contribution in [0.25, 0.3) is 0 Å². The van der Waals surface area contributed by atoms with E-state index in [1.54, 1.807) is 0 Å². The molecular weight excluding hydrogens is 208 g/mol. The summed E-state index contributed by atoms with van der Waals surface area (Å²) in [7, 11) is 0. The maximum Gasteiger partial charge on any atom is 0.0220 e. The first-order valence-electron chi connectivity index (χ1n) is 7.60. The molecule has 1 N–H and O–H groups in total. The third-order valence-corrected chi connectivity index (χ3v) is 3.09. The van der Waals surface area contributed by atoms with E-state index in [1.165, 1.54) is 38.8 Å². The minimum Gasteiger partial charge on any atom is -0.315 e. The maximum absolute atomic E-state index is 3.63. The Morgan fingerprint density at radius 1 is 0.882 bits per heavy atom. The minimum absolute atomic E-state index is 0.735. The van der Waals surface area contributed by atoms with Gasteiger partial charge in [0.1, 0.15) is 0 Å². The first-order chi connectivity index (χ1) is 8.15. The van der Waals surface area contributed by atoms with Crippen LogP contribution < -0.4 is 5.32 Å². The molecule has 1 unspecified atom stereocenters. The molecule has 1 atom stereocenters. The highest BCUT2D eigenvalue weighted by Crippen LogP contribution is 2.08. The molecule has 0 aliphatic carbocycles. The number of hydrogen-bond donors (Lipinski definition) is 1. The second-order valence-electron chi connectivity index (χ2n) is 5.53. The highest BCUT2D eigenvalue weighted by molar-refractivity contribution is 4.74. The van der Waals surface area contributed by atoms with E-state index in [0.717, 1.165) is 25.0 Å². The Morgan fingerprint density at radius 2 is 1.47 bits per heavy atom. The van der Waals surface area contributed by atoms with Crippen molar-refractivity contribution in [2.75, 3.05) is 26.2 Å². The minimum atomic E-state index is 0.735. The van der Waals surface area contributed by atoms with Gasteiger partial charge in [0.05, 0.1) is 0 Å². The Balaban J connectivity index is 4.13. The third kappa shape index (κ3) is 8.62. The number of nitrogens with one attached hydrogen (secondary N) is 1. The molecule has 0 bridgehead atoms. The molecule has 17 heavy (non-hydrogen) atoms. The molecule has 0 spiro atoms. The van der Waals surface area contributed by atoms with Gasteiger partial charge in [-0.2, -0.15) is 0 Å². The van der Waals surface area contributed by atoms with Gasteiger partial charge in [-0.05, 0) is 44.8 Å². The topological polar surface area (TPSA) is 15.3 Å². The molecule has 0 heterocycles. The van der Waals surface area contributed by atoms with E-state index >= 15 is 0 Å². The third-order valence-electron chi connectivity index (χ3n) is 3.09. The van der Waals surface area contributed by atoms with Crippen molar-refractivity contribution in [3.8, 4) is 0 Å². The lowest BCUT2D eigenvalue weighted by Gasteiger charge is -2.31. The SMILES string of the molecule is CCCC(CNCC(C)C)N(CCC)CCC. The summed E-state index contributed by atoms with van der Waals surface area (Å²) >= 11 is 0. The van der Waals surface area contributed by atoms with Crippen molar-refractivity contribution in [2.45, 2.75) is 66.3 Å². The van der Waals surface area contributed by atoms with Crippen LogP contribution in [0.1, 0.15) is 60.3 Å². The molecule has 2 heteroatoms. The van der Waals surface area contributed by atoms with Gasteiger partial charge in [0.15, 0.2) is 0 Å². The van der Waals surface area contributed by atoms with Crippen molar-refractivity contribution in [2.24, 2.45) is 5.92 Å². The van der Waals surface area contributed by atoms with Crippen molar-refractivity contribution in [3.63, 3.8) is 0 Å². The zero-order valence-electron chi connectivity index (χ0n) is 12.8. The zero-order chi connectivity index (χ0) is 13.1. The van der Waals surface area contributed by atoms with Gasteiger partial charge in [-0.25, -0.2) is 0 Å². The fourth-order valence-electron chi connectivity index (χ4n) is 2.34. The fourth-order valence-corrected chi connectivity index (χ4v) is 2.34. The molecule has 0 saturated carbocycles. The van der Waals surface area contributed by atoms with Crippen LogP contribution >= 0.6 is 0 Å². The van der Waals surface area contributed by atoms with E-state index in [1.807, 2.05) is 0 Å². The summed E-state index contributed by atoms with van der Waals surface area (Å²) in [5, 5.41) is 3.63. The molecule has 0 saturated heterocycles. The Labute approximate surface area is 109 Å². The molecule has 0 aliphatic heterocycles. The fraction of sp³-hybridized carbons (Fsp3) is 1.00. The monoisotopic (exact) mass is 242 g/mol.